The second kappa shape index (κ2) is 7.40. The van der Waals surface area contributed by atoms with Crippen LogP contribution in [0.5, 0.6) is 11.5 Å². The van der Waals surface area contributed by atoms with Gasteiger partial charge >= 0.3 is 0 Å². The molecule has 0 aliphatic carbocycles. The van der Waals surface area contributed by atoms with E-state index in [9.17, 15) is 4.79 Å². The molecule has 1 fully saturated rings. The smallest absolute Gasteiger partial charge is 0.225 e. The van der Waals surface area contributed by atoms with Crippen molar-refractivity contribution in [3.63, 3.8) is 0 Å². The van der Waals surface area contributed by atoms with E-state index in [1.165, 1.54) is 0 Å². The Hall–Kier alpha value is -1.40. The number of ether oxygens (including phenoxy) is 2. The Morgan fingerprint density at radius 3 is 2.60 bits per heavy atom. The maximum Gasteiger partial charge on any atom is 0.225 e. The second-order valence-electron chi connectivity index (χ2n) is 4.58. The van der Waals surface area contributed by atoms with Crippen LogP contribution in [0.25, 0.3) is 0 Å². The lowest BCUT2D eigenvalue weighted by molar-refractivity contribution is -0.116. The van der Waals surface area contributed by atoms with Gasteiger partial charge in [-0.3, -0.25) is 4.79 Å². The first-order valence-electron chi connectivity index (χ1n) is 6.55. The molecular weight excluding hydrogens is 276 g/mol. The third-order valence-electron chi connectivity index (χ3n) is 3.07. The molecule has 0 saturated carbocycles. The van der Waals surface area contributed by atoms with Crippen molar-refractivity contribution < 1.29 is 14.3 Å². The van der Waals surface area contributed by atoms with Gasteiger partial charge < -0.3 is 20.1 Å². The van der Waals surface area contributed by atoms with Gasteiger partial charge in [0.1, 0.15) is 11.5 Å². The van der Waals surface area contributed by atoms with Crippen molar-refractivity contribution in [2.75, 3.05) is 37.6 Å². The van der Waals surface area contributed by atoms with Gasteiger partial charge in [0, 0.05) is 54.4 Å². The summed E-state index contributed by atoms with van der Waals surface area (Å²) in [5.41, 5.74) is 0.690. The third-order valence-corrected chi connectivity index (χ3v) is 4.20. The Morgan fingerprint density at radius 2 is 2.05 bits per heavy atom. The fourth-order valence-electron chi connectivity index (χ4n) is 2.07. The van der Waals surface area contributed by atoms with Gasteiger partial charge in [0.2, 0.25) is 5.91 Å². The standard InChI is InChI=1S/C14H20N2O3S/c1-18-12-5-10(6-13(8-12)19-2)16-14(17)7-11-9-20-4-3-15-11/h5-6,8,11,15H,3-4,7,9H2,1-2H3,(H,16,17). The number of thioether (sulfide) groups is 1. The predicted octanol–water partition coefficient (Wildman–Crippen LogP) is 1.74. The topological polar surface area (TPSA) is 59.6 Å². The van der Waals surface area contributed by atoms with Gasteiger partial charge in [-0.1, -0.05) is 0 Å². The van der Waals surface area contributed by atoms with Crippen LogP contribution in [0.15, 0.2) is 18.2 Å². The van der Waals surface area contributed by atoms with Crippen molar-refractivity contribution in [1.82, 2.24) is 5.32 Å². The zero-order valence-electron chi connectivity index (χ0n) is 11.8. The summed E-state index contributed by atoms with van der Waals surface area (Å²) >= 11 is 1.88. The largest absolute Gasteiger partial charge is 0.497 e. The number of hydrogen-bond donors (Lipinski definition) is 2. The molecule has 0 bridgehead atoms. The van der Waals surface area contributed by atoms with Gasteiger partial charge in [0.25, 0.3) is 0 Å². The van der Waals surface area contributed by atoms with Gasteiger partial charge in [-0.25, -0.2) is 0 Å². The van der Waals surface area contributed by atoms with Crippen molar-refractivity contribution in [3.05, 3.63) is 18.2 Å². The highest BCUT2D eigenvalue weighted by molar-refractivity contribution is 7.99. The first-order valence-corrected chi connectivity index (χ1v) is 7.71. The highest BCUT2D eigenvalue weighted by Gasteiger charge is 2.17. The normalized spacial score (nSPS) is 18.4. The molecule has 2 rings (SSSR count). The van der Waals surface area contributed by atoms with Crippen molar-refractivity contribution in [2.24, 2.45) is 0 Å². The van der Waals surface area contributed by atoms with Gasteiger partial charge in [0.05, 0.1) is 14.2 Å². The molecule has 1 saturated heterocycles. The Kier molecular flexibility index (Phi) is 5.55. The molecule has 1 atom stereocenters. The molecule has 1 amide bonds. The summed E-state index contributed by atoms with van der Waals surface area (Å²) in [5, 5.41) is 6.24. The molecule has 0 aromatic heterocycles. The number of carbonyl (C=O) groups excluding carboxylic acids is 1. The monoisotopic (exact) mass is 296 g/mol. The minimum Gasteiger partial charge on any atom is -0.497 e. The zero-order chi connectivity index (χ0) is 14.4. The van der Waals surface area contributed by atoms with E-state index < -0.39 is 0 Å². The summed E-state index contributed by atoms with van der Waals surface area (Å²) < 4.78 is 10.4. The van der Waals surface area contributed by atoms with Crippen molar-refractivity contribution >= 4 is 23.4 Å². The second-order valence-corrected chi connectivity index (χ2v) is 5.73. The zero-order valence-corrected chi connectivity index (χ0v) is 12.6. The van der Waals surface area contributed by atoms with Crippen LogP contribution in [0.2, 0.25) is 0 Å². The number of methoxy groups -OCH3 is 2. The molecule has 6 heteroatoms. The summed E-state index contributed by atoms with van der Waals surface area (Å²) in [6, 6.07) is 5.59. The number of amides is 1. The van der Waals surface area contributed by atoms with Gasteiger partial charge in [-0.05, 0) is 0 Å². The highest BCUT2D eigenvalue weighted by atomic mass is 32.2. The Balaban J connectivity index is 1.95. The van der Waals surface area contributed by atoms with E-state index in [-0.39, 0.29) is 11.9 Å². The van der Waals surface area contributed by atoms with Crippen LogP contribution in [-0.4, -0.2) is 44.2 Å². The van der Waals surface area contributed by atoms with Crippen molar-refractivity contribution in [3.8, 4) is 11.5 Å². The fourth-order valence-corrected chi connectivity index (χ4v) is 3.02. The van der Waals surface area contributed by atoms with E-state index in [1.807, 2.05) is 11.8 Å². The minimum atomic E-state index is 0.000283. The van der Waals surface area contributed by atoms with E-state index in [0.29, 0.717) is 23.6 Å². The van der Waals surface area contributed by atoms with Gasteiger partial charge in [-0.15, -0.1) is 0 Å². The van der Waals surface area contributed by atoms with Crippen LogP contribution in [0.4, 0.5) is 5.69 Å². The third kappa shape index (κ3) is 4.31. The minimum absolute atomic E-state index is 0.000283. The van der Waals surface area contributed by atoms with E-state index in [4.69, 9.17) is 9.47 Å². The summed E-state index contributed by atoms with van der Waals surface area (Å²) in [5.74, 6) is 3.41. The van der Waals surface area contributed by atoms with Crippen LogP contribution < -0.4 is 20.1 Å². The molecule has 1 aromatic carbocycles. The van der Waals surface area contributed by atoms with E-state index >= 15 is 0 Å². The van der Waals surface area contributed by atoms with Crippen LogP contribution >= 0.6 is 11.8 Å². The van der Waals surface area contributed by atoms with Crippen LogP contribution in [0.3, 0.4) is 0 Å². The van der Waals surface area contributed by atoms with E-state index in [1.54, 1.807) is 32.4 Å². The van der Waals surface area contributed by atoms with Crippen molar-refractivity contribution in [1.29, 1.82) is 0 Å². The number of nitrogens with one attached hydrogen (secondary N) is 2. The average Bonchev–Trinajstić information content (AvgIpc) is 2.47. The highest BCUT2D eigenvalue weighted by Crippen LogP contribution is 2.26. The van der Waals surface area contributed by atoms with Crippen molar-refractivity contribution in [2.45, 2.75) is 12.5 Å². The Labute approximate surface area is 123 Å². The molecular formula is C14H20N2O3S. The number of benzene rings is 1. The number of anilines is 1. The molecule has 1 aliphatic rings. The van der Waals surface area contributed by atoms with Crippen LogP contribution in [-0.2, 0) is 4.79 Å². The summed E-state index contributed by atoms with van der Waals surface area (Å²) in [6.07, 6.45) is 0.479. The lowest BCUT2D eigenvalue weighted by Gasteiger charge is -2.22. The van der Waals surface area contributed by atoms with Gasteiger partial charge in [0.15, 0.2) is 0 Å². The molecule has 110 valence electrons. The molecule has 1 unspecified atom stereocenters. The predicted molar refractivity (Wildman–Crippen MR) is 81.9 cm³/mol. The summed E-state index contributed by atoms with van der Waals surface area (Å²) in [7, 11) is 3.17. The fraction of sp³-hybridized carbons (Fsp3) is 0.500. The number of carbonyl (C=O) groups is 1. The molecule has 1 aliphatic heterocycles. The number of hydrogen-bond acceptors (Lipinski definition) is 5. The molecule has 20 heavy (non-hydrogen) atoms. The van der Waals surface area contributed by atoms with Crippen LogP contribution in [0.1, 0.15) is 6.42 Å². The lowest BCUT2D eigenvalue weighted by atomic mass is 10.2. The summed E-state index contributed by atoms with van der Waals surface area (Å²) in [6.45, 7) is 0.968. The molecule has 1 aromatic rings. The first kappa shape index (κ1) is 15.0. The molecule has 1 heterocycles. The molecule has 0 spiro atoms. The lowest BCUT2D eigenvalue weighted by Crippen LogP contribution is -2.39. The quantitative estimate of drug-likeness (QED) is 0.866. The van der Waals surface area contributed by atoms with Crippen LogP contribution in [0, 0.1) is 0 Å². The van der Waals surface area contributed by atoms with Gasteiger partial charge in [-0.2, -0.15) is 11.8 Å². The average molecular weight is 296 g/mol. The SMILES string of the molecule is COc1cc(NC(=O)CC2CSCCN2)cc(OC)c1. The maximum absolute atomic E-state index is 12.0. The Morgan fingerprint density at radius 1 is 1.35 bits per heavy atom. The van der Waals surface area contributed by atoms with E-state index in [0.717, 1.165) is 18.1 Å². The molecule has 5 nitrogen and oxygen atoms in total. The molecule has 2 N–H and O–H groups in total. The maximum atomic E-state index is 12.0. The van der Waals surface area contributed by atoms with E-state index in [2.05, 4.69) is 10.6 Å². The molecule has 0 radical (unpaired) electrons. The first-order chi connectivity index (χ1) is 9.71. The Bertz CT molecular complexity index is 439. The summed E-state index contributed by atoms with van der Waals surface area (Å²) in [4.78, 5) is 12.0. The number of rotatable bonds is 5.